The fraction of sp³-hybridized carbons (Fsp3) is 0.0667. The van der Waals surface area contributed by atoms with Gasteiger partial charge < -0.3 is 16.0 Å². The molecule has 5 nitrogen and oxygen atoms in total. The lowest BCUT2D eigenvalue weighted by Gasteiger charge is -2.08. The van der Waals surface area contributed by atoms with Crippen LogP contribution in [0, 0.1) is 5.82 Å². The summed E-state index contributed by atoms with van der Waals surface area (Å²) in [6.07, 6.45) is 0. The van der Waals surface area contributed by atoms with Crippen molar-refractivity contribution < 1.29 is 14.0 Å². The summed E-state index contributed by atoms with van der Waals surface area (Å²) in [6.45, 7) is -0.240. The fourth-order valence-electron chi connectivity index (χ4n) is 1.64. The maximum atomic E-state index is 13.0. The molecule has 0 fully saturated rings. The molecule has 22 heavy (non-hydrogen) atoms. The molecule has 7 heteroatoms. The van der Waals surface area contributed by atoms with E-state index in [1.54, 1.807) is 30.3 Å². The van der Waals surface area contributed by atoms with Crippen LogP contribution in [-0.2, 0) is 4.79 Å². The normalized spacial score (nSPS) is 9.91. The molecular weight excluding hydrogens is 309 g/mol. The molecule has 114 valence electrons. The van der Waals surface area contributed by atoms with Crippen molar-refractivity contribution in [3.63, 3.8) is 0 Å². The zero-order valence-corrected chi connectivity index (χ0v) is 12.2. The van der Waals surface area contributed by atoms with Crippen molar-refractivity contribution in [1.82, 2.24) is 5.32 Å². The molecule has 0 unspecified atom stereocenters. The van der Waals surface area contributed by atoms with Crippen molar-refractivity contribution in [2.75, 3.05) is 17.2 Å². The topological polar surface area (TPSA) is 70.2 Å². The lowest BCUT2D eigenvalue weighted by atomic mass is 10.3. The second-order valence-electron chi connectivity index (χ2n) is 4.37. The first-order valence-corrected chi connectivity index (χ1v) is 6.76. The van der Waals surface area contributed by atoms with Gasteiger partial charge >= 0.3 is 6.03 Å². The van der Waals surface area contributed by atoms with Gasteiger partial charge in [-0.3, -0.25) is 4.79 Å². The summed E-state index contributed by atoms with van der Waals surface area (Å²) in [5, 5.41) is 7.97. The minimum Gasteiger partial charge on any atom is -0.329 e. The van der Waals surface area contributed by atoms with E-state index in [0.29, 0.717) is 16.4 Å². The quantitative estimate of drug-likeness (QED) is 0.809. The number of hydrogen-bond acceptors (Lipinski definition) is 2. The van der Waals surface area contributed by atoms with E-state index in [1.165, 1.54) is 18.2 Å². The molecule has 0 aromatic heterocycles. The van der Waals surface area contributed by atoms with E-state index in [9.17, 15) is 14.0 Å². The van der Waals surface area contributed by atoms with Gasteiger partial charge in [0, 0.05) is 16.4 Å². The standard InChI is InChI=1S/C15H13ClFN3O2/c16-10-4-6-12(7-5-10)20-15(22)18-9-14(21)19-13-3-1-2-11(17)8-13/h1-8H,9H2,(H,19,21)(H2,18,20,22). The van der Waals surface area contributed by atoms with Crippen LogP contribution in [0.4, 0.5) is 20.6 Å². The van der Waals surface area contributed by atoms with Crippen molar-refractivity contribution >= 4 is 34.9 Å². The summed E-state index contributed by atoms with van der Waals surface area (Å²) >= 11 is 5.73. The van der Waals surface area contributed by atoms with Gasteiger partial charge in [0.25, 0.3) is 0 Å². The number of amides is 3. The molecule has 2 rings (SSSR count). The second-order valence-corrected chi connectivity index (χ2v) is 4.81. The summed E-state index contributed by atoms with van der Waals surface area (Å²) in [6, 6.07) is 11.5. The van der Waals surface area contributed by atoms with E-state index in [2.05, 4.69) is 16.0 Å². The monoisotopic (exact) mass is 321 g/mol. The largest absolute Gasteiger partial charge is 0.329 e. The number of benzene rings is 2. The first kappa shape index (κ1) is 15.8. The summed E-state index contributed by atoms with van der Waals surface area (Å²) in [5.41, 5.74) is 0.873. The number of anilines is 2. The summed E-state index contributed by atoms with van der Waals surface area (Å²) in [5.74, 6) is -0.914. The van der Waals surface area contributed by atoms with E-state index < -0.39 is 17.8 Å². The lowest BCUT2D eigenvalue weighted by Crippen LogP contribution is -2.35. The van der Waals surface area contributed by atoms with Crippen LogP contribution in [0.15, 0.2) is 48.5 Å². The molecule has 0 aliphatic heterocycles. The van der Waals surface area contributed by atoms with Gasteiger partial charge in [0.15, 0.2) is 0 Å². The summed E-state index contributed by atoms with van der Waals surface area (Å²) in [7, 11) is 0. The van der Waals surface area contributed by atoms with E-state index in [-0.39, 0.29) is 6.54 Å². The molecule has 0 bridgehead atoms. The Morgan fingerprint density at radius 1 is 1.00 bits per heavy atom. The molecule has 0 aliphatic rings. The zero-order valence-electron chi connectivity index (χ0n) is 11.4. The van der Waals surface area contributed by atoms with Gasteiger partial charge in [0.1, 0.15) is 5.82 Å². The van der Waals surface area contributed by atoms with Crippen molar-refractivity contribution in [3.05, 3.63) is 59.4 Å². The van der Waals surface area contributed by atoms with Crippen molar-refractivity contribution in [1.29, 1.82) is 0 Å². The Morgan fingerprint density at radius 3 is 2.41 bits per heavy atom. The number of carbonyl (C=O) groups excluding carboxylic acids is 2. The summed E-state index contributed by atoms with van der Waals surface area (Å²) in [4.78, 5) is 23.2. The highest BCUT2D eigenvalue weighted by molar-refractivity contribution is 6.30. The smallest absolute Gasteiger partial charge is 0.319 e. The minimum absolute atomic E-state index is 0.240. The van der Waals surface area contributed by atoms with Gasteiger partial charge in [-0.25, -0.2) is 9.18 Å². The first-order chi connectivity index (χ1) is 10.5. The first-order valence-electron chi connectivity index (χ1n) is 6.39. The van der Waals surface area contributed by atoms with Gasteiger partial charge in [-0.1, -0.05) is 17.7 Å². The number of carbonyl (C=O) groups is 2. The average molecular weight is 322 g/mol. The molecule has 2 aromatic carbocycles. The Hall–Kier alpha value is -2.60. The molecule has 2 aromatic rings. The molecule has 0 atom stereocenters. The van der Waals surface area contributed by atoms with E-state index in [0.717, 1.165) is 0 Å². The maximum absolute atomic E-state index is 13.0. The van der Waals surface area contributed by atoms with Crippen LogP contribution >= 0.6 is 11.6 Å². The van der Waals surface area contributed by atoms with E-state index in [1.807, 2.05) is 0 Å². The minimum atomic E-state index is -0.531. The molecule has 0 radical (unpaired) electrons. The number of hydrogen-bond donors (Lipinski definition) is 3. The number of halogens is 2. The van der Waals surface area contributed by atoms with Crippen LogP contribution in [0.2, 0.25) is 5.02 Å². The predicted molar refractivity (Wildman–Crippen MR) is 83.5 cm³/mol. The van der Waals surface area contributed by atoms with Crippen LogP contribution < -0.4 is 16.0 Å². The molecular formula is C15H13ClFN3O2. The molecule has 0 spiro atoms. The molecule has 0 aliphatic carbocycles. The van der Waals surface area contributed by atoms with Crippen LogP contribution in [0.1, 0.15) is 0 Å². The molecule has 3 amide bonds. The third kappa shape index (κ3) is 5.06. The zero-order chi connectivity index (χ0) is 15.9. The third-order valence-electron chi connectivity index (χ3n) is 2.62. The number of nitrogens with one attached hydrogen (secondary N) is 3. The van der Waals surface area contributed by atoms with Crippen LogP contribution in [0.5, 0.6) is 0 Å². The highest BCUT2D eigenvalue weighted by atomic mass is 35.5. The van der Waals surface area contributed by atoms with Crippen LogP contribution in [0.3, 0.4) is 0 Å². The Labute approximate surface area is 131 Å². The van der Waals surface area contributed by atoms with Gasteiger partial charge in [0.2, 0.25) is 5.91 Å². The van der Waals surface area contributed by atoms with Crippen molar-refractivity contribution in [2.24, 2.45) is 0 Å². The van der Waals surface area contributed by atoms with Crippen molar-refractivity contribution in [3.8, 4) is 0 Å². The van der Waals surface area contributed by atoms with Gasteiger partial charge in [0.05, 0.1) is 6.54 Å². The maximum Gasteiger partial charge on any atom is 0.319 e. The number of rotatable bonds is 4. The SMILES string of the molecule is O=C(CNC(=O)Nc1ccc(Cl)cc1)Nc1cccc(F)c1. The Morgan fingerprint density at radius 2 is 1.73 bits per heavy atom. The molecule has 0 saturated carbocycles. The highest BCUT2D eigenvalue weighted by Gasteiger charge is 2.06. The molecule has 0 saturated heterocycles. The Kier molecular flexibility index (Phi) is 5.32. The number of urea groups is 1. The fourth-order valence-corrected chi connectivity index (χ4v) is 1.77. The molecule has 0 heterocycles. The average Bonchev–Trinajstić information content (AvgIpc) is 2.48. The van der Waals surface area contributed by atoms with Gasteiger partial charge in [-0.15, -0.1) is 0 Å². The van der Waals surface area contributed by atoms with Crippen molar-refractivity contribution in [2.45, 2.75) is 0 Å². The molecule has 3 N–H and O–H groups in total. The van der Waals surface area contributed by atoms with Gasteiger partial charge in [-0.05, 0) is 42.5 Å². The van der Waals surface area contributed by atoms with E-state index >= 15 is 0 Å². The second kappa shape index (κ2) is 7.42. The predicted octanol–water partition coefficient (Wildman–Crippen LogP) is 3.24. The Balaban J connectivity index is 1.78. The van der Waals surface area contributed by atoms with Gasteiger partial charge in [-0.2, -0.15) is 0 Å². The Bertz CT molecular complexity index is 677. The van der Waals surface area contributed by atoms with Crippen LogP contribution in [-0.4, -0.2) is 18.5 Å². The lowest BCUT2D eigenvalue weighted by molar-refractivity contribution is -0.115. The van der Waals surface area contributed by atoms with Crippen LogP contribution in [0.25, 0.3) is 0 Å². The third-order valence-corrected chi connectivity index (χ3v) is 2.87. The van der Waals surface area contributed by atoms with E-state index in [4.69, 9.17) is 11.6 Å². The summed E-state index contributed by atoms with van der Waals surface area (Å²) < 4.78 is 13.0. The highest BCUT2D eigenvalue weighted by Crippen LogP contribution is 2.13.